The smallest absolute Gasteiger partial charge is 0.137 e. The van der Waals surface area contributed by atoms with Crippen molar-refractivity contribution in [3.05, 3.63) is 12.7 Å². The van der Waals surface area contributed by atoms with Crippen LogP contribution in [0.3, 0.4) is 0 Å². The molecule has 5 atom stereocenters. The molecule has 3 unspecified atom stereocenters. The number of hydrogen-bond donors (Lipinski definition) is 1. The molecule has 0 bridgehead atoms. The summed E-state index contributed by atoms with van der Waals surface area (Å²) in [6.07, 6.45) is 5.16. The largest absolute Gasteiger partial charge is 0.392 e. The van der Waals surface area contributed by atoms with Crippen molar-refractivity contribution in [1.29, 1.82) is 0 Å². The van der Waals surface area contributed by atoms with Crippen molar-refractivity contribution >= 4 is 5.78 Å². The van der Waals surface area contributed by atoms with Crippen molar-refractivity contribution in [2.24, 2.45) is 23.2 Å². The molecular weight excluding hydrogens is 176 g/mol. The molecule has 0 radical (unpaired) electrons. The quantitative estimate of drug-likeness (QED) is 0.689. The van der Waals surface area contributed by atoms with E-state index in [4.69, 9.17) is 0 Å². The molecule has 0 spiro atoms. The van der Waals surface area contributed by atoms with E-state index in [0.717, 1.165) is 19.3 Å². The fourth-order valence-corrected chi connectivity index (χ4v) is 4.35. The normalized spacial score (nSPS) is 50.4. The number of rotatable bonds is 3. The Labute approximate surface area is 84.0 Å². The number of aliphatic hydroxyl groups is 1. The molecule has 0 amide bonds. The van der Waals surface area contributed by atoms with Crippen LogP contribution < -0.4 is 0 Å². The van der Waals surface area contributed by atoms with Gasteiger partial charge in [0.15, 0.2) is 0 Å². The summed E-state index contributed by atoms with van der Waals surface area (Å²) in [5.41, 5.74) is 0.00523. The number of aliphatic hydroxyl groups excluding tert-OH is 1. The summed E-state index contributed by atoms with van der Waals surface area (Å²) in [5, 5.41) is 10.1. The fraction of sp³-hybridized carbons (Fsp3) is 0.750. The van der Waals surface area contributed by atoms with Gasteiger partial charge in [-0.15, -0.1) is 6.58 Å². The zero-order valence-corrected chi connectivity index (χ0v) is 8.28. The summed E-state index contributed by atoms with van der Waals surface area (Å²) in [5.74, 6) is 1.64. The van der Waals surface area contributed by atoms with E-state index in [2.05, 4.69) is 6.58 Å². The second-order valence-electron chi connectivity index (χ2n) is 5.07. The van der Waals surface area contributed by atoms with Gasteiger partial charge < -0.3 is 5.11 Å². The van der Waals surface area contributed by atoms with Crippen LogP contribution in [0.4, 0.5) is 0 Å². The zero-order valence-electron chi connectivity index (χ0n) is 8.28. The topological polar surface area (TPSA) is 37.3 Å². The van der Waals surface area contributed by atoms with Gasteiger partial charge in [0.05, 0.1) is 6.10 Å². The maximum atomic E-state index is 11.7. The zero-order chi connectivity index (χ0) is 9.92. The molecule has 0 aromatic carbocycles. The first kappa shape index (κ1) is 8.66. The Morgan fingerprint density at radius 1 is 1.64 bits per heavy atom. The Morgan fingerprint density at radius 3 is 3.00 bits per heavy atom. The number of carbonyl (C=O) groups is 1. The van der Waals surface area contributed by atoms with Crippen molar-refractivity contribution in [1.82, 2.24) is 0 Å². The summed E-state index contributed by atoms with van der Waals surface area (Å²) in [7, 11) is 0. The summed E-state index contributed by atoms with van der Waals surface area (Å²) < 4.78 is 0. The van der Waals surface area contributed by atoms with Gasteiger partial charge in [-0.05, 0) is 31.1 Å². The molecule has 0 aromatic heterocycles. The molecule has 0 heterocycles. The highest BCUT2D eigenvalue weighted by molar-refractivity contribution is 5.90. The van der Waals surface area contributed by atoms with Crippen molar-refractivity contribution < 1.29 is 9.90 Å². The molecule has 0 aromatic rings. The summed E-state index contributed by atoms with van der Waals surface area (Å²) >= 11 is 0. The third-order valence-corrected chi connectivity index (χ3v) is 4.77. The molecule has 3 aliphatic carbocycles. The first-order chi connectivity index (χ1) is 6.72. The van der Waals surface area contributed by atoms with Crippen LogP contribution in [0, 0.1) is 23.2 Å². The molecule has 0 aliphatic heterocycles. The molecule has 3 saturated carbocycles. The minimum absolute atomic E-state index is 0.00523. The highest BCUT2D eigenvalue weighted by atomic mass is 16.3. The van der Waals surface area contributed by atoms with Crippen molar-refractivity contribution in [2.75, 3.05) is 0 Å². The molecule has 2 heteroatoms. The third-order valence-electron chi connectivity index (χ3n) is 4.77. The van der Waals surface area contributed by atoms with Gasteiger partial charge >= 0.3 is 0 Å². The van der Waals surface area contributed by atoms with Gasteiger partial charge in [-0.2, -0.15) is 0 Å². The molecule has 0 saturated heterocycles. The number of ketones is 1. The van der Waals surface area contributed by atoms with E-state index in [9.17, 15) is 9.90 Å². The lowest BCUT2D eigenvalue weighted by atomic mass is 9.85. The van der Waals surface area contributed by atoms with Gasteiger partial charge in [-0.25, -0.2) is 0 Å². The standard InChI is InChI=1S/C12H16O2/c1-2-3-10(14)12-7-4-5-8(12)11(12)9(13)6-7/h2,7-8,10-11,14H,1,3-6H2/t7-,8?,10?,11?,12+/m1/s1. The van der Waals surface area contributed by atoms with Gasteiger partial charge in [0.25, 0.3) is 0 Å². The lowest BCUT2D eigenvalue weighted by Gasteiger charge is -2.23. The van der Waals surface area contributed by atoms with E-state index < -0.39 is 0 Å². The first-order valence-corrected chi connectivity index (χ1v) is 5.54. The Bertz CT molecular complexity index is 309. The average Bonchev–Trinajstić information content (AvgIpc) is 2.64. The second kappa shape index (κ2) is 2.48. The van der Waals surface area contributed by atoms with E-state index in [0.29, 0.717) is 24.0 Å². The van der Waals surface area contributed by atoms with E-state index in [1.165, 1.54) is 0 Å². The van der Waals surface area contributed by atoms with E-state index in [1.807, 2.05) is 0 Å². The van der Waals surface area contributed by atoms with E-state index >= 15 is 0 Å². The Kier molecular flexibility index (Phi) is 1.54. The molecule has 2 nitrogen and oxygen atoms in total. The summed E-state index contributed by atoms with van der Waals surface area (Å²) in [4.78, 5) is 11.7. The van der Waals surface area contributed by atoms with Crippen LogP contribution in [0.2, 0.25) is 0 Å². The van der Waals surface area contributed by atoms with Crippen molar-refractivity contribution in [3.63, 3.8) is 0 Å². The van der Waals surface area contributed by atoms with Crippen molar-refractivity contribution in [2.45, 2.75) is 31.8 Å². The molecule has 3 rings (SSSR count). The Balaban J connectivity index is 1.92. The number of fused-ring (bicyclic) bond motifs is 1. The second-order valence-corrected chi connectivity index (χ2v) is 5.07. The molecule has 3 fully saturated rings. The lowest BCUT2D eigenvalue weighted by molar-refractivity contribution is -0.119. The third kappa shape index (κ3) is 0.714. The van der Waals surface area contributed by atoms with Crippen molar-refractivity contribution in [3.8, 4) is 0 Å². The van der Waals surface area contributed by atoms with Crippen LogP contribution in [0.25, 0.3) is 0 Å². The molecular formula is C12H16O2. The van der Waals surface area contributed by atoms with E-state index in [1.54, 1.807) is 6.08 Å². The summed E-state index contributed by atoms with van der Waals surface area (Å²) in [6, 6.07) is 0. The van der Waals surface area contributed by atoms with Gasteiger partial charge in [-0.1, -0.05) is 6.08 Å². The first-order valence-electron chi connectivity index (χ1n) is 5.54. The fourth-order valence-electron chi connectivity index (χ4n) is 4.35. The minimum atomic E-state index is -0.311. The molecule has 1 N–H and O–H groups in total. The van der Waals surface area contributed by atoms with Crippen LogP contribution >= 0.6 is 0 Å². The predicted octanol–water partition coefficient (Wildman–Crippen LogP) is 1.54. The SMILES string of the molecule is C=CCC(O)[C@@]12C3CC[C@@H]1CC(=O)C32. The van der Waals surface area contributed by atoms with Crippen LogP contribution in [-0.4, -0.2) is 17.0 Å². The van der Waals surface area contributed by atoms with Crippen LogP contribution in [0.1, 0.15) is 25.7 Å². The molecule has 14 heavy (non-hydrogen) atoms. The Hall–Kier alpha value is -0.630. The monoisotopic (exact) mass is 192 g/mol. The van der Waals surface area contributed by atoms with Crippen LogP contribution in [0.5, 0.6) is 0 Å². The van der Waals surface area contributed by atoms with E-state index in [-0.39, 0.29) is 17.4 Å². The highest BCUT2D eigenvalue weighted by Crippen LogP contribution is 2.78. The number of hydrogen-bond acceptors (Lipinski definition) is 2. The molecule has 76 valence electrons. The van der Waals surface area contributed by atoms with Crippen LogP contribution in [0.15, 0.2) is 12.7 Å². The van der Waals surface area contributed by atoms with Gasteiger partial charge in [0.2, 0.25) is 0 Å². The van der Waals surface area contributed by atoms with Gasteiger partial charge in [-0.3, -0.25) is 4.79 Å². The lowest BCUT2D eigenvalue weighted by Crippen LogP contribution is -2.27. The average molecular weight is 192 g/mol. The minimum Gasteiger partial charge on any atom is -0.392 e. The maximum absolute atomic E-state index is 11.7. The van der Waals surface area contributed by atoms with Gasteiger partial charge in [0.1, 0.15) is 5.78 Å². The Morgan fingerprint density at radius 2 is 2.43 bits per heavy atom. The van der Waals surface area contributed by atoms with Gasteiger partial charge in [0, 0.05) is 17.8 Å². The maximum Gasteiger partial charge on any atom is 0.137 e. The number of Topliss-reactive ketones (excluding diaryl/α,β-unsaturated/α-hetero) is 1. The van der Waals surface area contributed by atoms with Crippen LogP contribution in [-0.2, 0) is 4.79 Å². The predicted molar refractivity (Wildman–Crippen MR) is 52.6 cm³/mol. The molecule has 3 aliphatic rings. The summed E-state index contributed by atoms with van der Waals surface area (Å²) in [6.45, 7) is 3.67. The number of carbonyl (C=O) groups excluding carboxylic acids is 1. The highest BCUT2D eigenvalue weighted by Gasteiger charge is 2.79.